The zero-order chi connectivity index (χ0) is 12.7. The predicted octanol–water partition coefficient (Wildman–Crippen LogP) is 4.31. The summed E-state index contributed by atoms with van der Waals surface area (Å²) in [6, 6.07) is 0. The minimum absolute atomic E-state index is 0.698. The highest BCUT2D eigenvalue weighted by Crippen LogP contribution is 2.24. The van der Waals surface area contributed by atoms with Crippen LogP contribution in [0.5, 0.6) is 0 Å². The van der Waals surface area contributed by atoms with Crippen molar-refractivity contribution < 1.29 is 0 Å². The fourth-order valence-corrected chi connectivity index (χ4v) is 2.32. The summed E-state index contributed by atoms with van der Waals surface area (Å²) < 4.78 is 0. The molecule has 0 radical (unpaired) electrons. The van der Waals surface area contributed by atoms with E-state index in [2.05, 4.69) is 49.3 Å². The molecule has 1 fully saturated rings. The first-order valence-electron chi connectivity index (χ1n) is 6.62. The fraction of sp³-hybridized carbons (Fsp3) is 0.500. The number of nitrogens with zero attached hydrogens (tertiary/aromatic N) is 1. The van der Waals surface area contributed by atoms with Gasteiger partial charge in [-0.05, 0) is 37.7 Å². The molecule has 1 heterocycles. The van der Waals surface area contributed by atoms with Crippen LogP contribution < -0.4 is 0 Å². The van der Waals surface area contributed by atoms with Crippen molar-refractivity contribution in [2.24, 2.45) is 5.92 Å². The highest BCUT2D eigenvalue weighted by atomic mass is 15.1. The second kappa shape index (κ2) is 7.16. The van der Waals surface area contributed by atoms with Gasteiger partial charge in [0, 0.05) is 18.8 Å². The van der Waals surface area contributed by atoms with E-state index in [0.29, 0.717) is 5.92 Å². The molecule has 1 aliphatic rings. The SMILES string of the molecule is C=CC1CCN(/C(=C\CC)C(=C)/C=C/C)CC1. The van der Waals surface area contributed by atoms with Gasteiger partial charge >= 0.3 is 0 Å². The van der Waals surface area contributed by atoms with Crippen LogP contribution in [-0.4, -0.2) is 18.0 Å². The van der Waals surface area contributed by atoms with Crippen LogP contribution in [0.25, 0.3) is 0 Å². The van der Waals surface area contributed by atoms with E-state index in [1.165, 1.54) is 18.5 Å². The Bertz CT molecular complexity index is 314. The normalized spacial score (nSPS) is 18.7. The molecule has 17 heavy (non-hydrogen) atoms. The summed E-state index contributed by atoms with van der Waals surface area (Å²) in [6.07, 6.45) is 12.0. The van der Waals surface area contributed by atoms with E-state index < -0.39 is 0 Å². The molecule has 0 aromatic carbocycles. The van der Waals surface area contributed by atoms with Gasteiger partial charge in [-0.1, -0.05) is 37.8 Å². The maximum Gasteiger partial charge on any atom is 0.0393 e. The molecular formula is C16H25N. The molecule has 0 amide bonds. The molecule has 0 bridgehead atoms. The highest BCUT2D eigenvalue weighted by Gasteiger charge is 2.19. The first-order valence-corrected chi connectivity index (χ1v) is 6.62. The number of rotatable bonds is 5. The first-order chi connectivity index (χ1) is 8.22. The summed E-state index contributed by atoms with van der Waals surface area (Å²) in [6.45, 7) is 14.5. The molecule has 1 aliphatic heterocycles. The molecule has 0 atom stereocenters. The van der Waals surface area contributed by atoms with Crippen molar-refractivity contribution in [1.82, 2.24) is 4.90 Å². The van der Waals surface area contributed by atoms with Gasteiger partial charge in [-0.15, -0.1) is 6.58 Å². The van der Waals surface area contributed by atoms with Crippen LogP contribution in [0.15, 0.2) is 48.7 Å². The monoisotopic (exact) mass is 231 g/mol. The average molecular weight is 231 g/mol. The molecule has 0 aliphatic carbocycles. The quantitative estimate of drug-likeness (QED) is 0.503. The standard InChI is InChI=1S/C16H25N/c1-5-8-14(4)16(9-6-2)17-12-10-15(7-3)11-13-17/h5,7-9,15H,3-4,6,10-13H2,1-2H3/b8-5+,16-9-. The largest absolute Gasteiger partial charge is 0.371 e. The lowest BCUT2D eigenvalue weighted by Gasteiger charge is -2.34. The summed E-state index contributed by atoms with van der Waals surface area (Å²) in [4.78, 5) is 2.46. The number of hydrogen-bond acceptors (Lipinski definition) is 1. The number of hydrogen-bond donors (Lipinski definition) is 0. The number of piperidine rings is 1. The predicted molar refractivity (Wildman–Crippen MR) is 76.8 cm³/mol. The van der Waals surface area contributed by atoms with Crippen LogP contribution in [0, 0.1) is 5.92 Å². The molecule has 1 nitrogen and oxygen atoms in total. The van der Waals surface area contributed by atoms with Gasteiger partial charge in [-0.2, -0.15) is 0 Å². The summed E-state index contributed by atoms with van der Waals surface area (Å²) in [7, 11) is 0. The van der Waals surface area contributed by atoms with E-state index in [0.717, 1.165) is 25.1 Å². The average Bonchev–Trinajstić information content (AvgIpc) is 2.36. The van der Waals surface area contributed by atoms with E-state index in [1.54, 1.807) is 0 Å². The van der Waals surface area contributed by atoms with Crippen molar-refractivity contribution in [3.8, 4) is 0 Å². The maximum absolute atomic E-state index is 4.16. The zero-order valence-electron chi connectivity index (χ0n) is 11.3. The van der Waals surface area contributed by atoms with E-state index in [-0.39, 0.29) is 0 Å². The van der Waals surface area contributed by atoms with Crippen molar-refractivity contribution in [3.05, 3.63) is 48.7 Å². The number of allylic oxidation sites excluding steroid dienone is 4. The smallest absolute Gasteiger partial charge is 0.0393 e. The topological polar surface area (TPSA) is 3.24 Å². The lowest BCUT2D eigenvalue weighted by atomic mass is 9.96. The molecule has 0 N–H and O–H groups in total. The fourth-order valence-electron chi connectivity index (χ4n) is 2.32. The Hall–Kier alpha value is -1.24. The third kappa shape index (κ3) is 3.92. The Morgan fingerprint density at radius 2 is 2.00 bits per heavy atom. The Balaban J connectivity index is 2.70. The van der Waals surface area contributed by atoms with Crippen molar-refractivity contribution >= 4 is 0 Å². The van der Waals surface area contributed by atoms with E-state index >= 15 is 0 Å². The molecule has 0 aromatic heterocycles. The highest BCUT2D eigenvalue weighted by molar-refractivity contribution is 5.36. The van der Waals surface area contributed by atoms with Gasteiger partial charge in [-0.25, -0.2) is 0 Å². The minimum Gasteiger partial charge on any atom is -0.371 e. The van der Waals surface area contributed by atoms with E-state index in [9.17, 15) is 0 Å². The van der Waals surface area contributed by atoms with Crippen LogP contribution in [0.4, 0.5) is 0 Å². The molecule has 0 aromatic rings. The van der Waals surface area contributed by atoms with Gasteiger partial charge in [0.05, 0.1) is 0 Å². The van der Waals surface area contributed by atoms with Crippen molar-refractivity contribution in [2.75, 3.05) is 13.1 Å². The summed E-state index contributed by atoms with van der Waals surface area (Å²) >= 11 is 0. The van der Waals surface area contributed by atoms with Crippen LogP contribution in [0.3, 0.4) is 0 Å². The van der Waals surface area contributed by atoms with Gasteiger partial charge in [-0.3, -0.25) is 0 Å². The molecule has 1 rings (SSSR count). The van der Waals surface area contributed by atoms with Crippen molar-refractivity contribution in [1.29, 1.82) is 0 Å². The molecule has 94 valence electrons. The lowest BCUT2D eigenvalue weighted by molar-refractivity contribution is 0.256. The summed E-state index contributed by atoms with van der Waals surface area (Å²) in [5.41, 5.74) is 2.44. The molecule has 0 saturated carbocycles. The van der Waals surface area contributed by atoms with Crippen molar-refractivity contribution in [3.63, 3.8) is 0 Å². The Morgan fingerprint density at radius 1 is 1.35 bits per heavy atom. The molecule has 0 unspecified atom stereocenters. The molecule has 0 spiro atoms. The Morgan fingerprint density at radius 3 is 2.47 bits per heavy atom. The molecule has 1 saturated heterocycles. The number of likely N-dealkylation sites (tertiary alicyclic amines) is 1. The van der Waals surface area contributed by atoms with Gasteiger partial charge in [0.1, 0.15) is 0 Å². The molecular weight excluding hydrogens is 206 g/mol. The maximum atomic E-state index is 4.16. The summed E-state index contributed by atoms with van der Waals surface area (Å²) in [5, 5.41) is 0. The van der Waals surface area contributed by atoms with Crippen LogP contribution in [-0.2, 0) is 0 Å². The first kappa shape index (κ1) is 13.8. The third-order valence-electron chi connectivity index (χ3n) is 3.31. The van der Waals surface area contributed by atoms with Crippen LogP contribution in [0.2, 0.25) is 0 Å². The second-order valence-corrected chi connectivity index (χ2v) is 4.58. The second-order valence-electron chi connectivity index (χ2n) is 4.58. The Labute approximate surface area is 106 Å². The minimum atomic E-state index is 0.698. The van der Waals surface area contributed by atoms with Crippen LogP contribution >= 0.6 is 0 Å². The van der Waals surface area contributed by atoms with Crippen molar-refractivity contribution in [2.45, 2.75) is 33.1 Å². The van der Waals surface area contributed by atoms with Crippen LogP contribution in [0.1, 0.15) is 33.1 Å². The van der Waals surface area contributed by atoms with Gasteiger partial charge in [0.25, 0.3) is 0 Å². The van der Waals surface area contributed by atoms with E-state index in [1.807, 2.05) is 6.92 Å². The third-order valence-corrected chi connectivity index (χ3v) is 3.31. The van der Waals surface area contributed by atoms with Gasteiger partial charge in [0.2, 0.25) is 0 Å². The van der Waals surface area contributed by atoms with E-state index in [4.69, 9.17) is 0 Å². The zero-order valence-corrected chi connectivity index (χ0v) is 11.3. The molecule has 1 heteroatoms. The van der Waals surface area contributed by atoms with Gasteiger partial charge < -0.3 is 4.90 Å². The summed E-state index contributed by atoms with van der Waals surface area (Å²) in [5.74, 6) is 0.698. The lowest BCUT2D eigenvalue weighted by Crippen LogP contribution is -2.33. The Kier molecular flexibility index (Phi) is 5.82. The van der Waals surface area contributed by atoms with Gasteiger partial charge in [0.15, 0.2) is 0 Å².